The van der Waals surface area contributed by atoms with Crippen LogP contribution in [0.15, 0.2) is 106 Å². The summed E-state index contributed by atoms with van der Waals surface area (Å²) in [5.74, 6) is 6.32. The third-order valence-corrected chi connectivity index (χ3v) is 6.74. The quantitative estimate of drug-likeness (QED) is 0.160. The molecule has 0 bridgehead atoms. The van der Waals surface area contributed by atoms with Gasteiger partial charge < -0.3 is 0 Å². The Balaban J connectivity index is 0.000000196. The number of benzene rings is 4. The van der Waals surface area contributed by atoms with Crippen LogP contribution < -0.4 is 0 Å². The summed E-state index contributed by atoms with van der Waals surface area (Å²) >= 11 is 13.2. The first kappa shape index (κ1) is 27.0. The van der Waals surface area contributed by atoms with E-state index in [-0.39, 0.29) is 0 Å². The van der Waals surface area contributed by atoms with Gasteiger partial charge in [-0.25, -0.2) is 0 Å². The highest BCUT2D eigenvalue weighted by Crippen LogP contribution is 2.23. The molecule has 0 saturated heterocycles. The zero-order valence-corrected chi connectivity index (χ0v) is 23.8. The molecule has 35 heavy (non-hydrogen) atoms. The second kappa shape index (κ2) is 14.1. The fraction of sp³-hybridized carbons (Fsp3) is 0.125. The van der Waals surface area contributed by atoms with Gasteiger partial charge in [-0.2, -0.15) is 0 Å². The van der Waals surface area contributed by atoms with Gasteiger partial charge in [0.2, 0.25) is 0 Å². The summed E-state index contributed by atoms with van der Waals surface area (Å²) < 4.78 is 2.15. The third kappa shape index (κ3) is 9.19. The molecule has 0 aliphatic heterocycles. The van der Waals surface area contributed by atoms with Crippen LogP contribution in [0.2, 0.25) is 0 Å². The Hall–Kier alpha value is -2.57. The van der Waals surface area contributed by atoms with Crippen LogP contribution in [-0.4, -0.2) is 0 Å². The standard InChI is InChI=1S/C16H14BrCl.C16H13Br/c1-2-12-3-7-14(8-4-12)16(18)11-13-5-9-15(17)10-6-13;1-2-13-3-5-14(6-4-13)7-8-15-9-11-16(17)12-10-15/h3-11H,2H2,1H3;3-6,9-12H,2H2,1H3/b16-11-;. The van der Waals surface area contributed by atoms with Crippen LogP contribution in [0.1, 0.15) is 47.2 Å². The first-order chi connectivity index (χ1) is 17.0. The minimum atomic E-state index is 0.764. The summed E-state index contributed by atoms with van der Waals surface area (Å²) in [5, 5.41) is 0.764. The van der Waals surface area contributed by atoms with Gasteiger partial charge in [-0.05, 0) is 89.7 Å². The molecule has 0 heterocycles. The minimum Gasteiger partial charge on any atom is -0.0837 e. The summed E-state index contributed by atoms with van der Waals surface area (Å²) in [6, 6.07) is 32.9. The average molecular weight is 607 g/mol. The highest BCUT2D eigenvalue weighted by Gasteiger charge is 1.99. The van der Waals surface area contributed by atoms with Crippen molar-refractivity contribution in [3.05, 3.63) is 139 Å². The molecule has 0 nitrogen and oxygen atoms in total. The fourth-order valence-corrected chi connectivity index (χ4v) is 3.97. The van der Waals surface area contributed by atoms with E-state index in [2.05, 4.69) is 106 Å². The molecule has 0 saturated carbocycles. The molecular weight excluding hydrogens is 580 g/mol. The van der Waals surface area contributed by atoms with Gasteiger partial charge in [-0.3, -0.25) is 0 Å². The summed E-state index contributed by atoms with van der Waals surface area (Å²) in [6.07, 6.45) is 4.10. The second-order valence-corrected chi connectivity index (χ2v) is 10.1. The van der Waals surface area contributed by atoms with Gasteiger partial charge in [0.1, 0.15) is 0 Å². The summed E-state index contributed by atoms with van der Waals surface area (Å²) in [4.78, 5) is 0. The van der Waals surface area contributed by atoms with Crippen molar-refractivity contribution in [2.24, 2.45) is 0 Å². The molecule has 0 amide bonds. The van der Waals surface area contributed by atoms with E-state index < -0.39 is 0 Å². The Kier molecular flexibility index (Phi) is 10.9. The third-order valence-electron chi connectivity index (χ3n) is 5.36. The highest BCUT2D eigenvalue weighted by molar-refractivity contribution is 9.10. The van der Waals surface area contributed by atoms with Gasteiger partial charge in [0.15, 0.2) is 0 Å². The number of aryl methyl sites for hydroxylation is 2. The van der Waals surface area contributed by atoms with Gasteiger partial charge in [-0.15, -0.1) is 0 Å². The molecule has 0 spiro atoms. The molecule has 176 valence electrons. The number of hydrogen-bond acceptors (Lipinski definition) is 0. The van der Waals surface area contributed by atoms with Crippen molar-refractivity contribution in [3.63, 3.8) is 0 Å². The lowest BCUT2D eigenvalue weighted by Gasteiger charge is -2.02. The van der Waals surface area contributed by atoms with Crippen molar-refractivity contribution in [2.45, 2.75) is 26.7 Å². The lowest BCUT2D eigenvalue weighted by Crippen LogP contribution is -1.82. The topological polar surface area (TPSA) is 0 Å². The van der Waals surface area contributed by atoms with E-state index >= 15 is 0 Å². The predicted molar refractivity (Wildman–Crippen MR) is 160 cm³/mol. The molecule has 0 N–H and O–H groups in total. The molecule has 0 radical (unpaired) electrons. The van der Waals surface area contributed by atoms with Crippen molar-refractivity contribution < 1.29 is 0 Å². The van der Waals surface area contributed by atoms with Crippen molar-refractivity contribution >= 4 is 54.6 Å². The molecule has 4 aromatic rings. The Morgan fingerprint density at radius 2 is 1.03 bits per heavy atom. The molecule has 0 fully saturated rings. The largest absolute Gasteiger partial charge is 0.0837 e. The molecule has 3 heteroatoms. The van der Waals surface area contributed by atoms with Crippen molar-refractivity contribution in [1.82, 2.24) is 0 Å². The maximum atomic E-state index is 6.33. The van der Waals surface area contributed by atoms with Gasteiger partial charge in [0.05, 0.1) is 0 Å². The molecular formula is C32H27Br2Cl. The summed E-state index contributed by atoms with van der Waals surface area (Å²) in [7, 11) is 0. The highest BCUT2D eigenvalue weighted by atomic mass is 79.9. The van der Waals surface area contributed by atoms with Gasteiger partial charge in [0.25, 0.3) is 0 Å². The van der Waals surface area contributed by atoms with Crippen LogP contribution in [0.3, 0.4) is 0 Å². The van der Waals surface area contributed by atoms with E-state index in [0.717, 1.165) is 49.1 Å². The molecule has 0 aliphatic rings. The van der Waals surface area contributed by atoms with E-state index in [1.807, 2.05) is 54.6 Å². The van der Waals surface area contributed by atoms with Crippen molar-refractivity contribution in [3.8, 4) is 11.8 Å². The van der Waals surface area contributed by atoms with Crippen molar-refractivity contribution in [1.29, 1.82) is 0 Å². The molecule has 4 aromatic carbocycles. The van der Waals surface area contributed by atoms with E-state index in [4.69, 9.17) is 11.6 Å². The molecule has 0 atom stereocenters. The molecule has 0 unspecified atom stereocenters. The number of hydrogen-bond donors (Lipinski definition) is 0. The van der Waals surface area contributed by atoms with Crippen LogP contribution in [-0.2, 0) is 12.8 Å². The van der Waals surface area contributed by atoms with Gasteiger partial charge >= 0.3 is 0 Å². The first-order valence-corrected chi connectivity index (χ1v) is 13.5. The van der Waals surface area contributed by atoms with Crippen LogP contribution in [0.25, 0.3) is 11.1 Å². The maximum absolute atomic E-state index is 6.33. The van der Waals surface area contributed by atoms with E-state index in [1.54, 1.807) is 0 Å². The lowest BCUT2D eigenvalue weighted by atomic mass is 10.1. The smallest absolute Gasteiger partial charge is 0.0484 e. The zero-order chi connectivity index (χ0) is 25.0. The number of rotatable bonds is 4. The van der Waals surface area contributed by atoms with Gasteiger partial charge in [0, 0.05) is 25.1 Å². The van der Waals surface area contributed by atoms with Crippen LogP contribution in [0, 0.1) is 11.8 Å². The Labute approximate surface area is 231 Å². The lowest BCUT2D eigenvalue weighted by molar-refractivity contribution is 1.14. The summed E-state index contributed by atoms with van der Waals surface area (Å²) in [6.45, 7) is 4.30. The van der Waals surface area contributed by atoms with E-state index in [1.165, 1.54) is 11.1 Å². The average Bonchev–Trinajstić information content (AvgIpc) is 2.90. The Bertz CT molecular complexity index is 1290. The predicted octanol–water partition coefficient (Wildman–Crippen LogP) is 10.2. The van der Waals surface area contributed by atoms with Crippen LogP contribution in [0.5, 0.6) is 0 Å². The second-order valence-electron chi connectivity index (χ2n) is 7.90. The van der Waals surface area contributed by atoms with Crippen LogP contribution in [0.4, 0.5) is 0 Å². The van der Waals surface area contributed by atoms with E-state index in [9.17, 15) is 0 Å². The van der Waals surface area contributed by atoms with E-state index in [0.29, 0.717) is 0 Å². The monoisotopic (exact) mass is 604 g/mol. The fourth-order valence-electron chi connectivity index (χ4n) is 3.19. The number of halogens is 3. The van der Waals surface area contributed by atoms with Gasteiger partial charge in [-0.1, -0.05) is 118 Å². The molecule has 0 aromatic heterocycles. The molecule has 0 aliphatic carbocycles. The van der Waals surface area contributed by atoms with Crippen LogP contribution >= 0.6 is 43.5 Å². The first-order valence-electron chi connectivity index (χ1n) is 11.6. The minimum absolute atomic E-state index is 0.764. The Morgan fingerprint density at radius 1 is 0.629 bits per heavy atom. The van der Waals surface area contributed by atoms with Crippen molar-refractivity contribution in [2.75, 3.05) is 0 Å². The Morgan fingerprint density at radius 3 is 1.49 bits per heavy atom. The maximum Gasteiger partial charge on any atom is 0.0484 e. The summed E-state index contributed by atoms with van der Waals surface area (Å²) in [5.41, 5.74) is 6.92. The molecule has 4 rings (SSSR count). The SMILES string of the molecule is CCc1ccc(/C(Cl)=C/c2ccc(Br)cc2)cc1.CCc1ccc(C#Cc2ccc(Br)cc2)cc1. The normalized spacial score (nSPS) is 10.6. The zero-order valence-electron chi connectivity index (χ0n) is 19.9.